The van der Waals surface area contributed by atoms with Crippen LogP contribution in [0.4, 0.5) is 0 Å². The molecule has 3 rings (SSSR count). The van der Waals surface area contributed by atoms with Gasteiger partial charge < -0.3 is 19.3 Å². The molecule has 0 fully saturated rings. The van der Waals surface area contributed by atoms with Crippen LogP contribution in [0.2, 0.25) is 0 Å². The Morgan fingerprint density at radius 2 is 2.03 bits per heavy atom. The molecule has 4 N–H and O–H groups in total. The summed E-state index contributed by atoms with van der Waals surface area (Å²) in [5.74, 6) is 1.01. The highest BCUT2D eigenvalue weighted by Crippen LogP contribution is 2.52. The first-order valence-electron chi connectivity index (χ1n) is 9.62. The van der Waals surface area contributed by atoms with E-state index in [0.29, 0.717) is 0 Å². The Balaban J connectivity index is 2.40. The van der Waals surface area contributed by atoms with Crippen molar-refractivity contribution in [2.24, 2.45) is 11.8 Å². The van der Waals surface area contributed by atoms with Gasteiger partial charge in [-0.1, -0.05) is 6.92 Å². The molecule has 2 aliphatic rings. The van der Waals surface area contributed by atoms with Crippen molar-refractivity contribution in [1.29, 1.82) is 0 Å². The highest BCUT2D eigenvalue weighted by molar-refractivity contribution is 6.24. The summed E-state index contributed by atoms with van der Waals surface area (Å²) >= 11 is 5.77. The van der Waals surface area contributed by atoms with E-state index < -0.39 is 40.5 Å². The van der Waals surface area contributed by atoms with Crippen molar-refractivity contribution < 1.29 is 38.5 Å². The number of nitrogen functional groups attached to an aromatic ring is 1. The van der Waals surface area contributed by atoms with E-state index >= 15 is 0 Å². The molecule has 1 spiro atoms. The fourth-order valence-corrected chi connectivity index (χ4v) is 4.14. The van der Waals surface area contributed by atoms with Crippen LogP contribution < -0.4 is 20.7 Å². The third-order valence-electron chi connectivity index (χ3n) is 5.72. The van der Waals surface area contributed by atoms with E-state index in [1.807, 2.05) is 5.43 Å². The van der Waals surface area contributed by atoms with Gasteiger partial charge >= 0.3 is 0 Å². The van der Waals surface area contributed by atoms with Gasteiger partial charge in [0.2, 0.25) is 11.4 Å². The lowest BCUT2D eigenvalue weighted by Crippen LogP contribution is -2.51. The number of ether oxygens (including phenoxy) is 3. The van der Waals surface area contributed by atoms with Crippen molar-refractivity contribution in [1.82, 2.24) is 5.43 Å². The highest BCUT2D eigenvalue weighted by atomic mass is 35.5. The number of methoxy groups -OCH3 is 2. The quantitative estimate of drug-likeness (QED) is 0.182. The predicted octanol–water partition coefficient (Wildman–Crippen LogP) is 0.924. The number of carbonyl (C=O) groups is 4. The van der Waals surface area contributed by atoms with Gasteiger partial charge in [0.1, 0.15) is 22.7 Å². The van der Waals surface area contributed by atoms with Crippen LogP contribution in [0, 0.1) is 5.92 Å². The van der Waals surface area contributed by atoms with E-state index in [1.54, 1.807) is 6.92 Å². The van der Waals surface area contributed by atoms with Crippen LogP contribution in [0.5, 0.6) is 11.5 Å². The number of nitrogens with two attached hydrogens (primary N) is 1. The number of alkyl halides is 1. The summed E-state index contributed by atoms with van der Waals surface area (Å²) in [5, 5.41) is 10.5. The number of ketones is 3. The third-order valence-corrected chi connectivity index (χ3v) is 6.24. The van der Waals surface area contributed by atoms with E-state index in [0.717, 1.165) is 13.0 Å². The van der Waals surface area contributed by atoms with Crippen LogP contribution in [0.15, 0.2) is 17.9 Å². The number of fused-ring (bicyclic) bond motifs is 1. The minimum Gasteiger partial charge on any atom is -0.496 e. The van der Waals surface area contributed by atoms with Crippen LogP contribution in [0.1, 0.15) is 51.3 Å². The first-order valence-corrected chi connectivity index (χ1v) is 10.1. The number of halogens is 1. The normalized spacial score (nSPS) is 23.7. The monoisotopic (exact) mass is 466 g/mol. The number of nitrogens with one attached hydrogen (secondary N) is 1. The summed E-state index contributed by atoms with van der Waals surface area (Å²) in [5.41, 5.74) is -2.74. The lowest BCUT2D eigenvalue weighted by Gasteiger charge is -2.36. The topological polar surface area (TPSA) is 154 Å². The summed E-state index contributed by atoms with van der Waals surface area (Å²) in [7, 11) is 2.56. The Morgan fingerprint density at radius 3 is 2.56 bits per heavy atom. The van der Waals surface area contributed by atoms with Gasteiger partial charge in [-0.05, 0) is 13.0 Å². The molecular weight excluding hydrogens is 444 g/mol. The van der Waals surface area contributed by atoms with Crippen molar-refractivity contribution in [3.63, 3.8) is 0 Å². The number of rotatable bonds is 6. The largest absolute Gasteiger partial charge is 0.496 e. The summed E-state index contributed by atoms with van der Waals surface area (Å²) in [6, 6.07) is 1.16. The second kappa shape index (κ2) is 8.19. The molecule has 1 heterocycles. The van der Waals surface area contributed by atoms with Crippen molar-refractivity contribution in [2.45, 2.75) is 31.5 Å². The molecule has 0 saturated heterocycles. The Morgan fingerprint density at radius 1 is 1.38 bits per heavy atom. The maximum Gasteiger partial charge on any atom is 0.266 e. The fraction of sp³-hybridized carbons (Fsp3) is 0.429. The Bertz CT molecular complexity index is 1060. The van der Waals surface area contributed by atoms with E-state index in [1.165, 1.54) is 20.3 Å². The molecule has 1 aliphatic carbocycles. The average molecular weight is 467 g/mol. The zero-order valence-corrected chi connectivity index (χ0v) is 18.7. The highest BCUT2D eigenvalue weighted by Gasteiger charge is 2.60. The van der Waals surface area contributed by atoms with Crippen molar-refractivity contribution in [3.8, 4) is 11.5 Å². The molecule has 3 atom stereocenters. The maximum absolute atomic E-state index is 13.7. The van der Waals surface area contributed by atoms with Gasteiger partial charge in [-0.25, -0.2) is 5.84 Å². The van der Waals surface area contributed by atoms with Crippen LogP contribution in [-0.2, 0) is 9.53 Å². The van der Waals surface area contributed by atoms with Crippen LogP contribution in [-0.4, -0.2) is 59.7 Å². The van der Waals surface area contributed by atoms with Gasteiger partial charge in [-0.3, -0.25) is 24.6 Å². The molecular formula is C21H23ClN2O8. The molecule has 0 radical (unpaired) electrons. The molecule has 172 valence electrons. The number of carbonyl (C=O) groups excluding carboxylic acids is 4. The maximum atomic E-state index is 13.7. The fourth-order valence-electron chi connectivity index (χ4n) is 4.02. The van der Waals surface area contributed by atoms with Gasteiger partial charge in [0.15, 0.2) is 17.3 Å². The summed E-state index contributed by atoms with van der Waals surface area (Å²) in [6.45, 7) is 2.79. The van der Waals surface area contributed by atoms with Gasteiger partial charge in [0.05, 0.1) is 31.2 Å². The smallest absolute Gasteiger partial charge is 0.266 e. The molecule has 32 heavy (non-hydrogen) atoms. The number of allylic oxidation sites excluding steroid dienone is 1. The molecule has 10 nitrogen and oxygen atoms in total. The molecule has 0 aromatic heterocycles. The summed E-state index contributed by atoms with van der Waals surface area (Å²) in [4.78, 5) is 51.6. The summed E-state index contributed by atoms with van der Waals surface area (Å²) in [6.07, 6.45) is 1.15. The average Bonchev–Trinajstić information content (AvgIpc) is 3.08. The van der Waals surface area contributed by atoms with Crippen molar-refractivity contribution in [3.05, 3.63) is 34.6 Å². The lowest BCUT2D eigenvalue weighted by atomic mass is 9.75. The van der Waals surface area contributed by atoms with Gasteiger partial charge in [0, 0.05) is 18.4 Å². The minimum absolute atomic E-state index is 0.0201. The molecule has 0 bridgehead atoms. The van der Waals surface area contributed by atoms with E-state index in [4.69, 9.17) is 31.7 Å². The van der Waals surface area contributed by atoms with Crippen LogP contribution >= 0.6 is 11.6 Å². The van der Waals surface area contributed by atoms with E-state index in [9.17, 15) is 24.3 Å². The summed E-state index contributed by atoms with van der Waals surface area (Å²) < 4.78 is 16.8. The number of hydrogen-bond donors (Lipinski definition) is 3. The number of benzene rings is 1. The number of amides is 1. The van der Waals surface area contributed by atoms with E-state index in [-0.39, 0.29) is 46.2 Å². The first-order chi connectivity index (χ1) is 15.0. The van der Waals surface area contributed by atoms with Crippen molar-refractivity contribution >= 4 is 34.9 Å². The molecule has 1 aliphatic heterocycles. The Kier molecular flexibility index (Phi) is 6.07. The molecule has 1 amide bonds. The number of hydrogen-bond acceptors (Lipinski definition) is 9. The molecule has 1 unspecified atom stereocenters. The third kappa shape index (κ3) is 3.26. The molecule has 0 saturated carbocycles. The number of aliphatic hydroxyl groups is 1. The first kappa shape index (κ1) is 23.7. The van der Waals surface area contributed by atoms with Crippen molar-refractivity contribution in [2.75, 3.05) is 20.1 Å². The van der Waals surface area contributed by atoms with Gasteiger partial charge in [-0.2, -0.15) is 0 Å². The predicted molar refractivity (Wildman–Crippen MR) is 112 cm³/mol. The molecule has 1 aromatic carbocycles. The Labute approximate surface area is 188 Å². The van der Waals surface area contributed by atoms with Crippen LogP contribution in [0.25, 0.3) is 0 Å². The second-order valence-corrected chi connectivity index (χ2v) is 8.13. The Hall–Kier alpha value is -2.95. The van der Waals surface area contributed by atoms with Gasteiger partial charge in [-0.15, -0.1) is 11.6 Å². The SMILES string of the molecule is COC1=CC(=O)C[C@@H](C)[C@]12Oc1c(c(OC)cc(C(=O)NN)c1C(=O)C(C)(O)CCl)C2=O. The number of Topliss-reactive ketones (excluding diaryl/α,β-unsaturated/α-hetero) is 2. The molecule has 1 aromatic rings. The lowest BCUT2D eigenvalue weighted by molar-refractivity contribution is -0.118. The number of hydrazine groups is 1. The standard InChI is InChI=1S/C21H23ClN2O8/c1-9-5-10(25)6-13(31-4)21(9)18(27)15-12(30-3)7-11(19(28)24-23)14(16(15)32-21)17(26)20(2,29)8-22/h6-7,9,29H,5,8,23H2,1-4H3,(H,24,28)/t9-,20?,21+/m1/s1. The second-order valence-electron chi connectivity index (χ2n) is 7.87. The minimum atomic E-state index is -2.09. The molecule has 11 heteroatoms. The zero-order chi connectivity index (χ0) is 24.0. The zero-order valence-electron chi connectivity index (χ0n) is 17.9. The van der Waals surface area contributed by atoms with Gasteiger partial charge in [0.25, 0.3) is 5.91 Å². The van der Waals surface area contributed by atoms with E-state index in [2.05, 4.69) is 0 Å². The van der Waals surface area contributed by atoms with Crippen LogP contribution in [0.3, 0.4) is 0 Å².